The molecular weight excluding hydrogens is 284 g/mol. The molecule has 1 aromatic rings. The van der Waals surface area contributed by atoms with Gasteiger partial charge in [0.2, 0.25) is 3.79 Å². The summed E-state index contributed by atoms with van der Waals surface area (Å²) in [6.07, 6.45) is 0.239. The van der Waals surface area contributed by atoms with Gasteiger partial charge in [0.1, 0.15) is 6.61 Å². The molecule has 0 bridgehead atoms. The van der Waals surface area contributed by atoms with Crippen LogP contribution in [-0.2, 0) is 11.2 Å². The van der Waals surface area contributed by atoms with Crippen molar-refractivity contribution >= 4 is 46.6 Å². The van der Waals surface area contributed by atoms with Gasteiger partial charge in [-0.1, -0.05) is 53.9 Å². The van der Waals surface area contributed by atoms with Gasteiger partial charge in [-0.15, -0.1) is 0 Å². The van der Waals surface area contributed by atoms with Crippen LogP contribution in [0, 0.1) is 0 Å². The minimum absolute atomic E-state index is 0.295. The lowest BCUT2D eigenvalue weighted by atomic mass is 10.1. The van der Waals surface area contributed by atoms with Crippen molar-refractivity contribution in [3.63, 3.8) is 0 Å². The first-order valence-corrected chi connectivity index (χ1v) is 6.13. The predicted molar refractivity (Wildman–Crippen MR) is 71.1 cm³/mol. The second-order valence-corrected chi connectivity index (χ2v) is 5.89. The van der Waals surface area contributed by atoms with E-state index in [2.05, 4.69) is 5.32 Å². The van der Waals surface area contributed by atoms with Crippen LogP contribution < -0.4 is 5.32 Å². The Bertz CT molecular complexity index is 391. The van der Waals surface area contributed by atoms with Crippen molar-refractivity contribution in [2.45, 2.75) is 17.1 Å². The summed E-state index contributed by atoms with van der Waals surface area (Å²) >= 11 is 16.4. The van der Waals surface area contributed by atoms with Gasteiger partial charge in [0.15, 0.2) is 0 Å². The molecule has 0 radical (unpaired) electrons. The molecule has 1 rings (SSSR count). The van der Waals surface area contributed by atoms with E-state index >= 15 is 0 Å². The number of nitrogens with one attached hydrogen (secondary N) is 1. The molecule has 0 fully saturated rings. The van der Waals surface area contributed by atoms with E-state index in [1.165, 1.54) is 0 Å². The van der Waals surface area contributed by atoms with Crippen molar-refractivity contribution in [2.24, 2.45) is 0 Å². The molecule has 6 heteroatoms. The van der Waals surface area contributed by atoms with Gasteiger partial charge in [-0.3, -0.25) is 5.32 Å². The quantitative estimate of drug-likeness (QED) is 0.850. The number of alkyl halides is 3. The first kappa shape index (κ1) is 14.4. The van der Waals surface area contributed by atoms with Gasteiger partial charge in [-0.2, -0.15) is 0 Å². The van der Waals surface area contributed by atoms with Crippen LogP contribution in [-0.4, -0.2) is 16.5 Å². The standard InChI is InChI=1S/C11H12Cl3NO2/c1-2-8-4-3-5-9(6-8)15-10(16)17-7-11(12,13)14/h3-6H,2,7H2,1H3,(H,15,16). The molecule has 0 saturated heterocycles. The number of halogens is 3. The number of aryl methyl sites for hydroxylation is 1. The van der Waals surface area contributed by atoms with Gasteiger partial charge >= 0.3 is 6.09 Å². The number of benzene rings is 1. The summed E-state index contributed by atoms with van der Waals surface area (Å²) < 4.78 is 3.14. The zero-order valence-corrected chi connectivity index (χ0v) is 11.4. The van der Waals surface area contributed by atoms with E-state index in [1.54, 1.807) is 6.07 Å². The Morgan fingerprint density at radius 1 is 1.41 bits per heavy atom. The Kier molecular flexibility index (Phi) is 5.37. The molecule has 0 unspecified atom stereocenters. The Hall–Kier alpha value is -0.640. The van der Waals surface area contributed by atoms with E-state index < -0.39 is 9.89 Å². The molecule has 0 heterocycles. The smallest absolute Gasteiger partial charge is 0.411 e. The van der Waals surface area contributed by atoms with Gasteiger partial charge in [0.05, 0.1) is 0 Å². The Morgan fingerprint density at radius 2 is 2.12 bits per heavy atom. The third-order valence-corrected chi connectivity index (χ3v) is 2.28. The first-order chi connectivity index (χ1) is 7.90. The molecule has 0 saturated carbocycles. The number of amides is 1. The molecule has 0 spiro atoms. The molecule has 1 amide bonds. The van der Waals surface area contributed by atoms with Crippen LogP contribution in [0.15, 0.2) is 24.3 Å². The van der Waals surface area contributed by atoms with Crippen LogP contribution in [0.2, 0.25) is 0 Å². The van der Waals surface area contributed by atoms with Crippen LogP contribution >= 0.6 is 34.8 Å². The van der Waals surface area contributed by atoms with Gasteiger partial charge in [-0.05, 0) is 24.1 Å². The molecule has 0 aliphatic carbocycles. The van der Waals surface area contributed by atoms with E-state index in [1.807, 2.05) is 25.1 Å². The third-order valence-electron chi connectivity index (χ3n) is 1.95. The van der Waals surface area contributed by atoms with E-state index in [0.717, 1.165) is 12.0 Å². The number of carbonyl (C=O) groups is 1. The summed E-state index contributed by atoms with van der Waals surface area (Å²) in [4.78, 5) is 11.3. The van der Waals surface area contributed by atoms with Crippen molar-refractivity contribution in [1.29, 1.82) is 0 Å². The van der Waals surface area contributed by atoms with Crippen molar-refractivity contribution in [2.75, 3.05) is 11.9 Å². The van der Waals surface area contributed by atoms with Crippen molar-refractivity contribution in [3.8, 4) is 0 Å². The molecular formula is C11H12Cl3NO2. The minimum Gasteiger partial charge on any atom is -0.445 e. The highest BCUT2D eigenvalue weighted by Gasteiger charge is 2.22. The normalized spacial score (nSPS) is 11.1. The molecule has 0 atom stereocenters. The summed E-state index contributed by atoms with van der Waals surface area (Å²) in [7, 11) is 0. The molecule has 17 heavy (non-hydrogen) atoms. The van der Waals surface area contributed by atoms with Crippen molar-refractivity contribution in [3.05, 3.63) is 29.8 Å². The van der Waals surface area contributed by atoms with Crippen LogP contribution in [0.25, 0.3) is 0 Å². The van der Waals surface area contributed by atoms with Gasteiger partial charge in [0, 0.05) is 5.69 Å². The number of hydrogen-bond acceptors (Lipinski definition) is 2. The molecule has 94 valence electrons. The van der Waals surface area contributed by atoms with E-state index in [9.17, 15) is 4.79 Å². The van der Waals surface area contributed by atoms with E-state index in [0.29, 0.717) is 5.69 Å². The zero-order valence-electron chi connectivity index (χ0n) is 9.17. The number of ether oxygens (including phenoxy) is 1. The fourth-order valence-electron chi connectivity index (χ4n) is 1.17. The number of carbonyl (C=O) groups excluding carboxylic acids is 1. The minimum atomic E-state index is -1.59. The van der Waals surface area contributed by atoms with E-state index in [4.69, 9.17) is 39.5 Å². The summed E-state index contributed by atoms with van der Waals surface area (Å²) in [6, 6.07) is 7.44. The average Bonchev–Trinajstić information content (AvgIpc) is 2.26. The van der Waals surface area contributed by atoms with Gasteiger partial charge < -0.3 is 4.74 Å². The lowest BCUT2D eigenvalue weighted by Crippen LogP contribution is -2.21. The average molecular weight is 297 g/mol. The highest BCUT2D eigenvalue weighted by atomic mass is 35.6. The molecule has 0 aromatic heterocycles. The fraction of sp³-hybridized carbons (Fsp3) is 0.364. The Labute approximate surface area is 115 Å². The maximum atomic E-state index is 11.3. The summed E-state index contributed by atoms with van der Waals surface area (Å²) in [5.74, 6) is 0. The maximum Gasteiger partial charge on any atom is 0.411 e. The monoisotopic (exact) mass is 295 g/mol. The summed E-state index contributed by atoms with van der Waals surface area (Å²) in [6.45, 7) is 1.73. The molecule has 3 nitrogen and oxygen atoms in total. The van der Waals surface area contributed by atoms with Crippen LogP contribution in [0.4, 0.5) is 10.5 Å². The largest absolute Gasteiger partial charge is 0.445 e. The third kappa shape index (κ3) is 6.01. The molecule has 0 aliphatic heterocycles. The topological polar surface area (TPSA) is 38.3 Å². The second-order valence-electron chi connectivity index (χ2n) is 3.37. The lowest BCUT2D eigenvalue weighted by molar-refractivity contribution is 0.164. The fourth-order valence-corrected chi connectivity index (χ4v) is 1.33. The van der Waals surface area contributed by atoms with Gasteiger partial charge in [-0.25, -0.2) is 4.79 Å². The van der Waals surface area contributed by atoms with Crippen LogP contribution in [0.1, 0.15) is 12.5 Å². The van der Waals surface area contributed by atoms with Crippen molar-refractivity contribution < 1.29 is 9.53 Å². The second kappa shape index (κ2) is 6.34. The molecule has 1 aromatic carbocycles. The Balaban J connectivity index is 2.50. The highest BCUT2D eigenvalue weighted by Crippen LogP contribution is 2.26. The lowest BCUT2D eigenvalue weighted by Gasteiger charge is -2.12. The molecule has 0 aliphatic rings. The van der Waals surface area contributed by atoms with Gasteiger partial charge in [0.25, 0.3) is 0 Å². The SMILES string of the molecule is CCc1cccc(NC(=O)OCC(Cl)(Cl)Cl)c1. The van der Waals surface area contributed by atoms with Crippen molar-refractivity contribution in [1.82, 2.24) is 0 Å². The maximum absolute atomic E-state index is 11.3. The number of anilines is 1. The summed E-state index contributed by atoms with van der Waals surface area (Å²) in [5.41, 5.74) is 1.77. The summed E-state index contributed by atoms with van der Waals surface area (Å²) in [5, 5.41) is 2.55. The number of rotatable bonds is 3. The first-order valence-electron chi connectivity index (χ1n) is 5.00. The number of hydrogen-bond donors (Lipinski definition) is 1. The van der Waals surface area contributed by atoms with Crippen LogP contribution in [0.5, 0.6) is 0 Å². The Morgan fingerprint density at radius 3 is 2.71 bits per heavy atom. The zero-order chi connectivity index (χ0) is 12.9. The molecule has 1 N–H and O–H groups in total. The van der Waals surface area contributed by atoms with E-state index in [-0.39, 0.29) is 6.61 Å². The predicted octanol–water partition coefficient (Wildman–Crippen LogP) is 4.17. The highest BCUT2D eigenvalue weighted by molar-refractivity contribution is 6.67. The van der Waals surface area contributed by atoms with Crippen LogP contribution in [0.3, 0.4) is 0 Å².